The number of likely N-dealkylation sites (tertiary alicyclic amines) is 2. The first-order valence-corrected chi connectivity index (χ1v) is 15.6. The molecule has 2 saturated heterocycles. The number of benzene rings is 2. The van der Waals surface area contributed by atoms with Crippen molar-refractivity contribution >= 4 is 35.5 Å². The van der Waals surface area contributed by atoms with Gasteiger partial charge in [-0.2, -0.15) is 0 Å². The van der Waals surface area contributed by atoms with E-state index in [1.54, 1.807) is 25.4 Å². The summed E-state index contributed by atoms with van der Waals surface area (Å²) in [4.78, 5) is 34.2. The largest absolute Gasteiger partial charge is 0.496 e. The number of nitrogens with zero attached hydrogens (tertiary/aromatic N) is 7. The Kier molecular flexibility index (Phi) is 9.02. The van der Waals surface area contributed by atoms with Crippen LogP contribution in [-0.4, -0.2) is 87.1 Å². The number of carbonyl (C=O) groups is 2. The monoisotopic (exact) mass is 648 g/mol. The molecule has 45 heavy (non-hydrogen) atoms. The van der Waals surface area contributed by atoms with Crippen LogP contribution in [0.15, 0.2) is 67.3 Å². The van der Waals surface area contributed by atoms with Crippen molar-refractivity contribution in [3.63, 3.8) is 0 Å². The molecule has 2 aromatic heterocycles. The van der Waals surface area contributed by atoms with E-state index in [2.05, 4.69) is 30.7 Å². The quantitative estimate of drug-likeness (QED) is 0.253. The van der Waals surface area contributed by atoms with Crippen molar-refractivity contribution in [2.24, 2.45) is 0 Å². The van der Waals surface area contributed by atoms with Crippen molar-refractivity contribution in [3.8, 4) is 11.4 Å². The maximum atomic E-state index is 14.0. The Hall–Kier alpha value is -4.06. The Balaban J connectivity index is 1.22. The van der Waals surface area contributed by atoms with Crippen LogP contribution in [-0.2, 0) is 15.7 Å². The number of piperidine rings is 1. The van der Waals surface area contributed by atoms with Crippen LogP contribution in [0.4, 0.5) is 0 Å². The molecule has 4 heterocycles. The first-order chi connectivity index (χ1) is 21.9. The second kappa shape index (κ2) is 13.1. The third-order valence-electron chi connectivity index (χ3n) is 9.37. The summed E-state index contributed by atoms with van der Waals surface area (Å²) in [6.45, 7) is 3.55. The standard InChI is InChI=1S/C32H34Cl2N8O3/c1-45-29-7-5-25(42-21-37-38-39-42)18-26(29)30(44)41-16-9-31(20-41,23-4-6-27(33)28(34)17-23)8-13-40-14-10-32(11-15-40,36-22-43)24-3-2-12-35-19-24/h2-7,12,17-19,21-22H,8-11,13-16,20H2,1H3,(H,36,43)/t31-/m1/s1. The molecule has 6 rings (SSSR count). The maximum absolute atomic E-state index is 14.0. The molecule has 2 fully saturated rings. The van der Waals surface area contributed by atoms with Gasteiger partial charge >= 0.3 is 0 Å². The summed E-state index contributed by atoms with van der Waals surface area (Å²) in [5.74, 6) is 0.362. The number of hydrogen-bond donors (Lipinski definition) is 1. The fourth-order valence-electron chi connectivity index (χ4n) is 6.72. The molecule has 2 aromatic carbocycles. The highest BCUT2D eigenvalue weighted by atomic mass is 35.5. The molecule has 1 N–H and O–H groups in total. The summed E-state index contributed by atoms with van der Waals surface area (Å²) in [6.07, 6.45) is 8.99. The topological polar surface area (TPSA) is 118 Å². The molecule has 11 nitrogen and oxygen atoms in total. The van der Waals surface area contributed by atoms with Crippen molar-refractivity contribution in [2.75, 3.05) is 39.8 Å². The van der Waals surface area contributed by atoms with Gasteiger partial charge in [0.1, 0.15) is 12.1 Å². The number of halogens is 2. The summed E-state index contributed by atoms with van der Waals surface area (Å²) < 4.78 is 7.09. The molecule has 13 heteroatoms. The van der Waals surface area contributed by atoms with E-state index in [1.165, 1.54) is 11.0 Å². The van der Waals surface area contributed by atoms with Crippen molar-refractivity contribution in [1.29, 1.82) is 0 Å². The number of nitrogens with one attached hydrogen (secondary N) is 1. The predicted octanol–water partition coefficient (Wildman–Crippen LogP) is 4.28. The van der Waals surface area contributed by atoms with Crippen molar-refractivity contribution in [3.05, 3.63) is 94.0 Å². The van der Waals surface area contributed by atoms with E-state index in [1.807, 2.05) is 47.5 Å². The van der Waals surface area contributed by atoms with Gasteiger partial charge in [0.05, 0.1) is 33.9 Å². The molecular weight excluding hydrogens is 615 g/mol. The lowest BCUT2D eigenvalue weighted by molar-refractivity contribution is -0.112. The van der Waals surface area contributed by atoms with Gasteiger partial charge in [-0.1, -0.05) is 35.3 Å². The Morgan fingerprint density at radius 2 is 1.89 bits per heavy atom. The second-order valence-electron chi connectivity index (χ2n) is 11.7. The average molecular weight is 650 g/mol. The number of pyridine rings is 1. The molecule has 0 spiro atoms. The molecule has 2 aliphatic rings. The third-order valence-corrected chi connectivity index (χ3v) is 10.1. The number of rotatable bonds is 10. The summed E-state index contributed by atoms with van der Waals surface area (Å²) in [7, 11) is 1.55. The van der Waals surface area contributed by atoms with Crippen molar-refractivity contribution < 1.29 is 14.3 Å². The van der Waals surface area contributed by atoms with Crippen LogP contribution in [0.2, 0.25) is 10.0 Å². The van der Waals surface area contributed by atoms with E-state index < -0.39 is 5.54 Å². The fraction of sp³-hybridized carbons (Fsp3) is 0.375. The number of amides is 2. The van der Waals surface area contributed by atoms with Crippen LogP contribution < -0.4 is 10.1 Å². The zero-order chi connectivity index (χ0) is 31.4. The molecule has 0 aliphatic carbocycles. The molecule has 2 aliphatic heterocycles. The summed E-state index contributed by atoms with van der Waals surface area (Å²) >= 11 is 12.8. The van der Waals surface area contributed by atoms with Gasteiger partial charge < -0.3 is 19.9 Å². The van der Waals surface area contributed by atoms with E-state index >= 15 is 0 Å². The van der Waals surface area contributed by atoms with E-state index in [0.29, 0.717) is 40.1 Å². The van der Waals surface area contributed by atoms with Crippen LogP contribution in [0.5, 0.6) is 5.75 Å². The summed E-state index contributed by atoms with van der Waals surface area (Å²) in [6, 6.07) is 15.0. The van der Waals surface area contributed by atoms with Gasteiger partial charge in [-0.3, -0.25) is 14.6 Å². The highest BCUT2D eigenvalue weighted by molar-refractivity contribution is 6.42. The summed E-state index contributed by atoms with van der Waals surface area (Å²) in [5, 5.41) is 15.5. The Morgan fingerprint density at radius 3 is 2.58 bits per heavy atom. The van der Waals surface area contributed by atoms with Gasteiger partial charge in [0.2, 0.25) is 6.41 Å². The third kappa shape index (κ3) is 6.25. The zero-order valence-electron chi connectivity index (χ0n) is 24.9. The van der Waals surface area contributed by atoms with Gasteiger partial charge in [-0.15, -0.1) is 5.10 Å². The molecule has 2 amide bonds. The Morgan fingerprint density at radius 1 is 1.04 bits per heavy atom. The first kappa shape index (κ1) is 30.9. The minimum Gasteiger partial charge on any atom is -0.496 e. The van der Waals surface area contributed by atoms with E-state index in [9.17, 15) is 9.59 Å². The zero-order valence-corrected chi connectivity index (χ0v) is 26.4. The minimum atomic E-state index is -0.430. The molecule has 1 atom stereocenters. The van der Waals surface area contributed by atoms with Crippen LogP contribution in [0, 0.1) is 0 Å². The van der Waals surface area contributed by atoms with Gasteiger partial charge in [0.15, 0.2) is 0 Å². The number of methoxy groups -OCH3 is 1. The van der Waals surface area contributed by atoms with Crippen LogP contribution in [0.3, 0.4) is 0 Å². The van der Waals surface area contributed by atoms with E-state index in [0.717, 1.165) is 62.9 Å². The number of tetrazole rings is 1. The van der Waals surface area contributed by atoms with Crippen LogP contribution in [0.25, 0.3) is 5.69 Å². The number of carbonyl (C=O) groups excluding carboxylic acids is 2. The minimum absolute atomic E-state index is 0.122. The van der Waals surface area contributed by atoms with E-state index in [-0.39, 0.29) is 11.3 Å². The van der Waals surface area contributed by atoms with Crippen LogP contribution >= 0.6 is 23.2 Å². The molecule has 0 radical (unpaired) electrons. The van der Waals surface area contributed by atoms with Gasteiger partial charge in [-0.05, 0) is 90.2 Å². The smallest absolute Gasteiger partial charge is 0.257 e. The molecule has 0 saturated carbocycles. The van der Waals surface area contributed by atoms with Gasteiger partial charge in [0, 0.05) is 44.0 Å². The van der Waals surface area contributed by atoms with Crippen LogP contribution in [0.1, 0.15) is 47.2 Å². The normalized spacial score (nSPS) is 19.8. The predicted molar refractivity (Wildman–Crippen MR) is 170 cm³/mol. The fourth-order valence-corrected chi connectivity index (χ4v) is 7.01. The number of aromatic nitrogens is 5. The molecule has 0 bridgehead atoms. The number of hydrogen-bond acceptors (Lipinski definition) is 8. The van der Waals surface area contributed by atoms with E-state index in [4.69, 9.17) is 27.9 Å². The number of ether oxygens (including phenoxy) is 1. The van der Waals surface area contributed by atoms with Gasteiger partial charge in [0.25, 0.3) is 5.91 Å². The van der Waals surface area contributed by atoms with Gasteiger partial charge in [-0.25, -0.2) is 4.68 Å². The van der Waals surface area contributed by atoms with Crippen molar-refractivity contribution in [2.45, 2.75) is 36.6 Å². The highest BCUT2D eigenvalue weighted by Gasteiger charge is 2.43. The van der Waals surface area contributed by atoms with Crippen molar-refractivity contribution in [1.82, 2.24) is 40.3 Å². The molecule has 234 valence electrons. The lowest BCUT2D eigenvalue weighted by Crippen LogP contribution is -2.51. The first-order valence-electron chi connectivity index (χ1n) is 14.9. The Labute approximate surface area is 271 Å². The molecule has 4 aromatic rings. The Bertz CT molecular complexity index is 1650. The maximum Gasteiger partial charge on any atom is 0.257 e. The second-order valence-corrected chi connectivity index (χ2v) is 12.5. The SMILES string of the molecule is COc1ccc(-n2cnnn2)cc1C(=O)N1CC[C@@](CCN2CCC(NC=O)(c3cccnc3)CC2)(c2ccc(Cl)c(Cl)c2)C1. The summed E-state index contributed by atoms with van der Waals surface area (Å²) in [5.41, 5.74) is 2.43. The highest BCUT2D eigenvalue weighted by Crippen LogP contribution is 2.42. The average Bonchev–Trinajstić information content (AvgIpc) is 3.78. The lowest BCUT2D eigenvalue weighted by atomic mass is 9.76. The molecule has 0 unspecified atom stereocenters. The molecular formula is C32H34Cl2N8O3. The lowest BCUT2D eigenvalue weighted by Gasteiger charge is -2.42.